The highest BCUT2D eigenvalue weighted by atomic mass is 16.5. The number of nitrogens with one attached hydrogen (secondary N) is 1. The number of rotatable bonds is 5. The van der Waals surface area contributed by atoms with Crippen molar-refractivity contribution in [1.82, 2.24) is 5.32 Å². The van der Waals surface area contributed by atoms with Crippen LogP contribution in [0.4, 0.5) is 0 Å². The lowest BCUT2D eigenvalue weighted by atomic mass is 9.80. The molecule has 1 fully saturated rings. The topological polar surface area (TPSA) is 113 Å². The van der Waals surface area contributed by atoms with Gasteiger partial charge in [0.2, 0.25) is 11.4 Å². The monoisotopic (exact) mass is 335 g/mol. The van der Waals surface area contributed by atoms with Gasteiger partial charge in [-0.1, -0.05) is 39.0 Å². The summed E-state index contributed by atoms with van der Waals surface area (Å²) in [6.45, 7) is 4.76. The van der Waals surface area contributed by atoms with E-state index in [2.05, 4.69) is 5.32 Å². The molecule has 0 aliphatic carbocycles. The van der Waals surface area contributed by atoms with Crippen molar-refractivity contribution >= 4 is 17.8 Å². The van der Waals surface area contributed by atoms with E-state index in [1.807, 2.05) is 0 Å². The van der Waals surface area contributed by atoms with Crippen molar-refractivity contribution in [3.8, 4) is 0 Å². The van der Waals surface area contributed by atoms with Crippen molar-refractivity contribution in [1.29, 1.82) is 0 Å². The van der Waals surface area contributed by atoms with Crippen LogP contribution in [0, 0.1) is 11.8 Å². The van der Waals surface area contributed by atoms with Gasteiger partial charge < -0.3 is 20.3 Å². The second kappa shape index (κ2) is 6.60. The number of carbonyl (C=O) groups excluding carboxylic acids is 2. The van der Waals surface area contributed by atoms with E-state index in [0.717, 1.165) is 0 Å². The van der Waals surface area contributed by atoms with Crippen LogP contribution in [0.1, 0.15) is 31.1 Å². The molecule has 3 N–H and O–H groups in total. The number of carboxylic acids is 1. The number of benzene rings is 1. The van der Waals surface area contributed by atoms with Gasteiger partial charge in [-0.2, -0.15) is 0 Å². The molecule has 130 valence electrons. The Bertz CT molecular complexity index is 644. The van der Waals surface area contributed by atoms with Crippen LogP contribution < -0.4 is 5.32 Å². The second-order valence-corrected chi connectivity index (χ2v) is 6.33. The maximum absolute atomic E-state index is 12.3. The molecule has 2 rings (SSSR count). The average molecular weight is 335 g/mol. The molecule has 4 atom stereocenters. The van der Waals surface area contributed by atoms with Crippen LogP contribution in [0.2, 0.25) is 0 Å². The predicted octanol–water partition coefficient (Wildman–Crippen LogP) is 0.818. The molecule has 1 saturated heterocycles. The summed E-state index contributed by atoms with van der Waals surface area (Å²) in [6.07, 6.45) is -2.75. The van der Waals surface area contributed by atoms with Crippen molar-refractivity contribution in [3.63, 3.8) is 0 Å². The predicted molar refractivity (Wildman–Crippen MR) is 84.2 cm³/mol. The Morgan fingerprint density at radius 2 is 1.83 bits per heavy atom. The molecule has 1 aromatic rings. The van der Waals surface area contributed by atoms with Crippen LogP contribution in [0.25, 0.3) is 0 Å². The molecule has 1 amide bonds. The van der Waals surface area contributed by atoms with Gasteiger partial charge >= 0.3 is 11.9 Å². The first-order chi connectivity index (χ1) is 11.2. The van der Waals surface area contributed by atoms with Gasteiger partial charge in [0, 0.05) is 0 Å². The highest BCUT2D eigenvalue weighted by molar-refractivity contribution is 5.95. The van der Waals surface area contributed by atoms with Crippen LogP contribution in [0.15, 0.2) is 30.3 Å². The number of aliphatic carboxylic acids is 1. The molecule has 0 bridgehead atoms. The molecule has 1 aliphatic heterocycles. The van der Waals surface area contributed by atoms with E-state index >= 15 is 0 Å². The third-order valence-electron chi connectivity index (χ3n) is 4.34. The molecular weight excluding hydrogens is 314 g/mol. The summed E-state index contributed by atoms with van der Waals surface area (Å²) in [4.78, 5) is 36.2. The van der Waals surface area contributed by atoms with E-state index in [4.69, 9.17) is 4.74 Å². The fourth-order valence-electron chi connectivity index (χ4n) is 2.98. The van der Waals surface area contributed by atoms with Gasteiger partial charge in [0.05, 0.1) is 11.5 Å². The SMILES string of the molecule is CC(C)[C@H](OC(=O)c1ccccc1)[C@@]1(C(=O)O)NC(=O)[C@@H](C)[C@@H]1O. The summed E-state index contributed by atoms with van der Waals surface area (Å²) in [7, 11) is 0. The van der Waals surface area contributed by atoms with Gasteiger partial charge in [-0.15, -0.1) is 0 Å². The zero-order valence-corrected chi connectivity index (χ0v) is 13.7. The third-order valence-corrected chi connectivity index (χ3v) is 4.34. The number of hydrogen-bond acceptors (Lipinski definition) is 5. The number of aliphatic hydroxyl groups excluding tert-OH is 1. The summed E-state index contributed by atoms with van der Waals surface area (Å²) in [5.41, 5.74) is -1.81. The Labute approximate surface area is 139 Å². The number of amides is 1. The van der Waals surface area contributed by atoms with E-state index in [-0.39, 0.29) is 5.56 Å². The summed E-state index contributed by atoms with van der Waals surface area (Å²) >= 11 is 0. The number of carboxylic acid groups (broad SMARTS) is 1. The van der Waals surface area contributed by atoms with Gasteiger partial charge in [0.25, 0.3) is 0 Å². The van der Waals surface area contributed by atoms with Crippen LogP contribution in [-0.2, 0) is 14.3 Å². The Balaban J connectivity index is 2.39. The van der Waals surface area contributed by atoms with Crippen LogP contribution in [-0.4, -0.2) is 45.8 Å². The number of hydrogen-bond donors (Lipinski definition) is 3. The molecule has 1 aromatic carbocycles. The number of carbonyl (C=O) groups is 3. The van der Waals surface area contributed by atoms with Crippen LogP contribution >= 0.6 is 0 Å². The zero-order chi connectivity index (χ0) is 18.1. The minimum absolute atomic E-state index is 0.260. The molecule has 7 nitrogen and oxygen atoms in total. The van der Waals surface area contributed by atoms with E-state index < -0.39 is 47.4 Å². The standard InChI is InChI=1S/C17H21NO6/c1-9(2)13(24-15(21)11-7-5-4-6-8-11)17(16(22)23)12(19)10(3)14(20)18-17/h4-10,12-13,19H,1-3H3,(H,18,20)(H,22,23)/t10-,12-,13-,17-/m0/s1. The first-order valence-electron chi connectivity index (χ1n) is 7.71. The maximum atomic E-state index is 12.3. The van der Waals surface area contributed by atoms with Gasteiger partial charge in [-0.25, -0.2) is 9.59 Å². The van der Waals surface area contributed by atoms with E-state index in [9.17, 15) is 24.6 Å². The molecule has 0 saturated carbocycles. The second-order valence-electron chi connectivity index (χ2n) is 6.33. The lowest BCUT2D eigenvalue weighted by Crippen LogP contribution is -2.66. The first kappa shape index (κ1) is 17.9. The van der Waals surface area contributed by atoms with Gasteiger partial charge in [-0.05, 0) is 18.1 Å². The normalized spacial score (nSPS) is 27.6. The fraction of sp³-hybridized carbons (Fsp3) is 0.471. The molecule has 0 aromatic heterocycles. The quantitative estimate of drug-likeness (QED) is 0.687. The smallest absolute Gasteiger partial charge is 0.338 e. The maximum Gasteiger partial charge on any atom is 0.338 e. The Morgan fingerprint density at radius 3 is 2.25 bits per heavy atom. The van der Waals surface area contributed by atoms with Crippen molar-refractivity contribution in [3.05, 3.63) is 35.9 Å². The molecule has 7 heteroatoms. The molecule has 0 radical (unpaired) electrons. The number of aliphatic hydroxyl groups is 1. The van der Waals surface area contributed by atoms with E-state index in [1.165, 1.54) is 6.92 Å². The summed E-state index contributed by atoms with van der Waals surface area (Å²) in [5, 5.41) is 22.4. The third kappa shape index (κ3) is 2.87. The highest BCUT2D eigenvalue weighted by Crippen LogP contribution is 2.34. The fourth-order valence-corrected chi connectivity index (χ4v) is 2.98. The van der Waals surface area contributed by atoms with Crippen LogP contribution in [0.3, 0.4) is 0 Å². The largest absolute Gasteiger partial charge is 0.479 e. The molecule has 1 heterocycles. The first-order valence-corrected chi connectivity index (χ1v) is 7.71. The summed E-state index contributed by atoms with van der Waals surface area (Å²) in [5.74, 6) is -4.11. The Hall–Kier alpha value is -2.41. The number of ether oxygens (including phenoxy) is 1. The van der Waals surface area contributed by atoms with E-state index in [0.29, 0.717) is 0 Å². The molecule has 0 spiro atoms. The van der Waals surface area contributed by atoms with E-state index in [1.54, 1.807) is 44.2 Å². The minimum atomic E-state index is -2.07. The van der Waals surface area contributed by atoms with Gasteiger partial charge in [0.1, 0.15) is 12.2 Å². The molecule has 1 aliphatic rings. The van der Waals surface area contributed by atoms with Gasteiger partial charge in [-0.3, -0.25) is 4.79 Å². The van der Waals surface area contributed by atoms with Crippen molar-refractivity contribution in [2.45, 2.75) is 38.5 Å². The lowest BCUT2D eigenvalue weighted by molar-refractivity contribution is -0.159. The van der Waals surface area contributed by atoms with Crippen molar-refractivity contribution in [2.75, 3.05) is 0 Å². The summed E-state index contributed by atoms with van der Waals surface area (Å²) in [6, 6.07) is 8.13. The zero-order valence-electron chi connectivity index (χ0n) is 13.7. The average Bonchev–Trinajstić information content (AvgIpc) is 2.78. The molecular formula is C17H21NO6. The summed E-state index contributed by atoms with van der Waals surface area (Å²) < 4.78 is 5.42. The van der Waals surface area contributed by atoms with Crippen molar-refractivity contribution < 1.29 is 29.3 Å². The Morgan fingerprint density at radius 1 is 1.25 bits per heavy atom. The van der Waals surface area contributed by atoms with Crippen LogP contribution in [0.5, 0.6) is 0 Å². The minimum Gasteiger partial charge on any atom is -0.479 e. The molecule has 24 heavy (non-hydrogen) atoms. The number of esters is 1. The van der Waals surface area contributed by atoms with Crippen molar-refractivity contribution in [2.24, 2.45) is 11.8 Å². The lowest BCUT2D eigenvalue weighted by Gasteiger charge is -2.37. The highest BCUT2D eigenvalue weighted by Gasteiger charge is 2.63. The Kier molecular flexibility index (Phi) is 4.94. The van der Waals surface area contributed by atoms with Gasteiger partial charge in [0.15, 0.2) is 0 Å². The molecule has 0 unspecified atom stereocenters.